The Morgan fingerprint density at radius 2 is 2.00 bits per heavy atom. The fourth-order valence-electron chi connectivity index (χ4n) is 2.01. The Labute approximate surface area is 82.3 Å². The Balaban J connectivity index is 1.85. The van der Waals surface area contributed by atoms with Crippen molar-refractivity contribution in [3.8, 4) is 11.8 Å². The predicted octanol–water partition coefficient (Wildman–Crippen LogP) is 2.57. The van der Waals surface area contributed by atoms with Gasteiger partial charge in [-0.05, 0) is 25.8 Å². The van der Waals surface area contributed by atoms with Crippen LogP contribution >= 0.6 is 0 Å². The van der Waals surface area contributed by atoms with Gasteiger partial charge in [-0.25, -0.2) is 0 Å². The van der Waals surface area contributed by atoms with Crippen LogP contribution in [-0.2, 0) is 0 Å². The average molecular weight is 179 g/mol. The van der Waals surface area contributed by atoms with Gasteiger partial charge in [0.2, 0.25) is 0 Å². The topological polar surface area (TPSA) is 12.0 Å². The molecule has 1 heteroatoms. The molecular formula is C12H21N. The highest BCUT2D eigenvalue weighted by atomic mass is 14.8. The minimum Gasteiger partial charge on any atom is -0.316 e. The predicted molar refractivity (Wildman–Crippen MR) is 57.5 cm³/mol. The molecule has 74 valence electrons. The molecule has 13 heavy (non-hydrogen) atoms. The fourth-order valence-corrected chi connectivity index (χ4v) is 2.01. The Morgan fingerprint density at radius 1 is 1.23 bits per heavy atom. The molecule has 0 amide bonds. The third-order valence-electron chi connectivity index (χ3n) is 2.81. The van der Waals surface area contributed by atoms with E-state index in [1.807, 2.05) is 6.92 Å². The molecule has 0 aromatic heterocycles. The zero-order valence-corrected chi connectivity index (χ0v) is 8.73. The smallest absolute Gasteiger partial charge is 0.0214 e. The van der Waals surface area contributed by atoms with Crippen LogP contribution in [0.1, 0.15) is 45.4 Å². The summed E-state index contributed by atoms with van der Waals surface area (Å²) in [6.07, 6.45) is 8.24. The molecule has 0 aromatic rings. The van der Waals surface area contributed by atoms with Crippen LogP contribution in [0.2, 0.25) is 0 Å². The summed E-state index contributed by atoms with van der Waals surface area (Å²) in [6, 6.07) is 0. The van der Waals surface area contributed by atoms with E-state index in [2.05, 4.69) is 17.2 Å². The quantitative estimate of drug-likeness (QED) is 0.505. The lowest BCUT2D eigenvalue weighted by molar-refractivity contribution is 0.480. The maximum absolute atomic E-state index is 3.44. The van der Waals surface area contributed by atoms with Gasteiger partial charge < -0.3 is 5.32 Å². The minimum atomic E-state index is 1.00. The number of hydrogen-bond acceptors (Lipinski definition) is 1. The second-order valence-corrected chi connectivity index (χ2v) is 3.87. The molecule has 1 nitrogen and oxygen atoms in total. The maximum Gasteiger partial charge on any atom is 0.0214 e. The first-order chi connectivity index (χ1) is 6.43. The first-order valence-corrected chi connectivity index (χ1v) is 5.54. The van der Waals surface area contributed by atoms with Crippen molar-refractivity contribution >= 4 is 0 Å². The molecule has 0 atom stereocenters. The van der Waals surface area contributed by atoms with Gasteiger partial charge >= 0.3 is 0 Å². The summed E-state index contributed by atoms with van der Waals surface area (Å²) in [4.78, 5) is 0. The molecule has 1 aliphatic carbocycles. The van der Waals surface area contributed by atoms with Crippen molar-refractivity contribution in [2.24, 2.45) is 5.92 Å². The van der Waals surface area contributed by atoms with E-state index in [0.717, 1.165) is 18.9 Å². The van der Waals surface area contributed by atoms with Crippen LogP contribution in [0.3, 0.4) is 0 Å². The van der Waals surface area contributed by atoms with Gasteiger partial charge in [-0.1, -0.05) is 25.7 Å². The maximum atomic E-state index is 3.44. The van der Waals surface area contributed by atoms with E-state index in [1.54, 1.807) is 0 Å². The molecule has 0 saturated heterocycles. The van der Waals surface area contributed by atoms with E-state index < -0.39 is 0 Å². The molecule has 1 aliphatic rings. The number of rotatable bonds is 5. The van der Waals surface area contributed by atoms with E-state index >= 15 is 0 Å². The monoisotopic (exact) mass is 179 g/mol. The summed E-state index contributed by atoms with van der Waals surface area (Å²) in [5.74, 6) is 6.99. The Bertz CT molecular complexity index is 169. The second-order valence-electron chi connectivity index (χ2n) is 3.87. The summed E-state index contributed by atoms with van der Waals surface area (Å²) >= 11 is 0. The van der Waals surface area contributed by atoms with Gasteiger partial charge in [0.15, 0.2) is 0 Å². The summed E-state index contributed by atoms with van der Waals surface area (Å²) in [5.41, 5.74) is 0. The normalized spacial score (nSPS) is 17.0. The zero-order chi connectivity index (χ0) is 9.36. The molecule has 0 aliphatic heterocycles. The van der Waals surface area contributed by atoms with Crippen LogP contribution in [-0.4, -0.2) is 13.1 Å². The van der Waals surface area contributed by atoms with Crippen molar-refractivity contribution in [3.05, 3.63) is 0 Å². The van der Waals surface area contributed by atoms with Gasteiger partial charge in [-0.3, -0.25) is 0 Å². The number of nitrogens with one attached hydrogen (secondary N) is 1. The van der Waals surface area contributed by atoms with E-state index in [4.69, 9.17) is 0 Å². The van der Waals surface area contributed by atoms with Crippen LogP contribution in [0.25, 0.3) is 0 Å². The van der Waals surface area contributed by atoms with Crippen LogP contribution in [0.4, 0.5) is 0 Å². The van der Waals surface area contributed by atoms with Crippen molar-refractivity contribution in [1.29, 1.82) is 0 Å². The first-order valence-electron chi connectivity index (χ1n) is 5.54. The first kappa shape index (κ1) is 10.6. The van der Waals surface area contributed by atoms with Gasteiger partial charge in [0.05, 0.1) is 0 Å². The van der Waals surface area contributed by atoms with Crippen LogP contribution < -0.4 is 5.32 Å². The lowest BCUT2D eigenvalue weighted by Gasteiger charge is -2.08. The van der Waals surface area contributed by atoms with Gasteiger partial charge in [0, 0.05) is 13.0 Å². The van der Waals surface area contributed by atoms with Gasteiger partial charge in [0.1, 0.15) is 0 Å². The van der Waals surface area contributed by atoms with E-state index in [-0.39, 0.29) is 0 Å². The lowest BCUT2D eigenvalue weighted by Crippen LogP contribution is -2.18. The average Bonchev–Trinajstić information content (AvgIpc) is 2.63. The summed E-state index contributed by atoms with van der Waals surface area (Å²) in [5, 5.41) is 3.44. The van der Waals surface area contributed by atoms with Gasteiger partial charge in [-0.2, -0.15) is 0 Å². The Hall–Kier alpha value is -0.480. The summed E-state index contributed by atoms with van der Waals surface area (Å²) in [7, 11) is 0. The SMILES string of the molecule is CC#CCCNCCC1CCCC1. The molecule has 1 saturated carbocycles. The minimum absolute atomic E-state index is 1.00. The highest BCUT2D eigenvalue weighted by Gasteiger charge is 2.13. The van der Waals surface area contributed by atoms with Gasteiger partial charge in [-0.15, -0.1) is 11.8 Å². The van der Waals surface area contributed by atoms with E-state index in [0.29, 0.717) is 0 Å². The molecular weight excluding hydrogens is 158 g/mol. The van der Waals surface area contributed by atoms with Crippen molar-refractivity contribution < 1.29 is 0 Å². The Morgan fingerprint density at radius 3 is 2.69 bits per heavy atom. The highest BCUT2D eigenvalue weighted by molar-refractivity contribution is 4.95. The third-order valence-corrected chi connectivity index (χ3v) is 2.81. The fraction of sp³-hybridized carbons (Fsp3) is 0.833. The molecule has 0 heterocycles. The summed E-state index contributed by atoms with van der Waals surface area (Å²) in [6.45, 7) is 4.15. The molecule has 0 spiro atoms. The van der Waals surface area contributed by atoms with Crippen molar-refractivity contribution in [2.75, 3.05) is 13.1 Å². The van der Waals surface area contributed by atoms with Crippen molar-refractivity contribution in [2.45, 2.75) is 45.4 Å². The second kappa shape index (κ2) is 6.97. The lowest BCUT2D eigenvalue weighted by atomic mass is 10.0. The molecule has 1 fully saturated rings. The molecule has 0 aromatic carbocycles. The Kier molecular flexibility index (Phi) is 5.69. The van der Waals surface area contributed by atoms with Crippen LogP contribution in [0.5, 0.6) is 0 Å². The molecule has 1 N–H and O–H groups in total. The largest absolute Gasteiger partial charge is 0.316 e. The van der Waals surface area contributed by atoms with Crippen LogP contribution in [0.15, 0.2) is 0 Å². The third kappa shape index (κ3) is 4.95. The number of hydrogen-bond donors (Lipinski definition) is 1. The molecule has 1 rings (SSSR count). The summed E-state index contributed by atoms with van der Waals surface area (Å²) < 4.78 is 0. The van der Waals surface area contributed by atoms with E-state index in [9.17, 15) is 0 Å². The van der Waals surface area contributed by atoms with E-state index in [1.165, 1.54) is 38.6 Å². The van der Waals surface area contributed by atoms with Crippen LogP contribution in [0, 0.1) is 17.8 Å². The standard InChI is InChI=1S/C12H21N/c1-2-3-6-10-13-11-9-12-7-4-5-8-12/h12-13H,4-11H2,1H3. The van der Waals surface area contributed by atoms with Crippen molar-refractivity contribution in [3.63, 3.8) is 0 Å². The van der Waals surface area contributed by atoms with Crippen molar-refractivity contribution in [1.82, 2.24) is 5.32 Å². The molecule has 0 unspecified atom stereocenters. The zero-order valence-electron chi connectivity index (χ0n) is 8.73. The molecule has 0 radical (unpaired) electrons. The molecule has 0 bridgehead atoms. The highest BCUT2D eigenvalue weighted by Crippen LogP contribution is 2.26. The van der Waals surface area contributed by atoms with Gasteiger partial charge in [0.25, 0.3) is 0 Å².